The van der Waals surface area contributed by atoms with Gasteiger partial charge in [0.2, 0.25) is 0 Å². The Morgan fingerprint density at radius 2 is 1.71 bits per heavy atom. The molecule has 120 valence electrons. The highest BCUT2D eigenvalue weighted by atomic mass is 32.1. The summed E-state index contributed by atoms with van der Waals surface area (Å²) in [6.07, 6.45) is 0. The van der Waals surface area contributed by atoms with Crippen molar-refractivity contribution in [1.82, 2.24) is 15.4 Å². The highest BCUT2D eigenvalue weighted by Crippen LogP contribution is 2.34. The molecule has 3 aromatic heterocycles. The van der Waals surface area contributed by atoms with Crippen LogP contribution in [-0.4, -0.2) is 16.4 Å². The molecule has 0 radical (unpaired) electrons. The summed E-state index contributed by atoms with van der Waals surface area (Å²) in [5, 5.41) is 3.98. The van der Waals surface area contributed by atoms with E-state index in [9.17, 15) is 9.59 Å². The zero-order chi connectivity index (χ0) is 16.7. The van der Waals surface area contributed by atoms with Gasteiger partial charge in [-0.25, -0.2) is 0 Å². The van der Waals surface area contributed by atoms with Gasteiger partial charge >= 0.3 is 0 Å². The van der Waals surface area contributed by atoms with Crippen molar-refractivity contribution in [2.45, 2.75) is 0 Å². The number of carbonyl (C=O) groups is 2. The van der Waals surface area contributed by atoms with Gasteiger partial charge in [0, 0.05) is 23.3 Å². The second kappa shape index (κ2) is 5.77. The Morgan fingerprint density at radius 3 is 2.46 bits per heavy atom. The van der Waals surface area contributed by atoms with Crippen molar-refractivity contribution in [3.63, 3.8) is 0 Å². The zero-order valence-corrected chi connectivity index (χ0v) is 14.3. The van der Waals surface area contributed by atoms with Crippen molar-refractivity contribution in [3.8, 4) is 0 Å². The number of rotatable bonds is 2. The van der Waals surface area contributed by atoms with Crippen LogP contribution in [-0.2, 0) is 7.05 Å². The number of aryl methyl sites for hydroxylation is 1. The molecule has 7 heteroatoms. The van der Waals surface area contributed by atoms with Crippen LogP contribution in [0.5, 0.6) is 0 Å². The molecule has 0 saturated heterocycles. The Bertz CT molecular complexity index is 1060. The van der Waals surface area contributed by atoms with E-state index >= 15 is 0 Å². The summed E-state index contributed by atoms with van der Waals surface area (Å²) in [5.41, 5.74) is 6.05. The summed E-state index contributed by atoms with van der Waals surface area (Å²) in [6, 6.07) is 13.5. The van der Waals surface area contributed by atoms with E-state index in [0.29, 0.717) is 9.75 Å². The number of carbonyl (C=O) groups excluding carboxylic acids is 2. The molecule has 0 aliphatic heterocycles. The summed E-state index contributed by atoms with van der Waals surface area (Å²) in [4.78, 5) is 26.3. The number of fused-ring (bicyclic) bond motifs is 3. The van der Waals surface area contributed by atoms with Crippen LogP contribution < -0.4 is 10.9 Å². The number of thiophene rings is 2. The third-order valence-corrected chi connectivity index (χ3v) is 5.91. The molecule has 0 unspecified atom stereocenters. The van der Waals surface area contributed by atoms with Crippen molar-refractivity contribution in [2.24, 2.45) is 7.05 Å². The van der Waals surface area contributed by atoms with Crippen LogP contribution in [0.1, 0.15) is 19.3 Å². The first-order chi connectivity index (χ1) is 11.6. The van der Waals surface area contributed by atoms with E-state index in [4.69, 9.17) is 0 Å². The van der Waals surface area contributed by atoms with E-state index in [1.165, 1.54) is 22.7 Å². The van der Waals surface area contributed by atoms with Crippen molar-refractivity contribution >= 4 is 55.6 Å². The van der Waals surface area contributed by atoms with E-state index in [1.54, 1.807) is 12.1 Å². The molecular formula is C17H13N3O2S2. The van der Waals surface area contributed by atoms with E-state index in [0.717, 1.165) is 21.1 Å². The molecule has 0 bridgehead atoms. The molecule has 4 rings (SSSR count). The maximum Gasteiger partial charge on any atom is 0.279 e. The molecule has 4 aromatic rings. The quantitative estimate of drug-likeness (QED) is 0.540. The van der Waals surface area contributed by atoms with Crippen LogP contribution in [0.4, 0.5) is 0 Å². The first-order valence-corrected chi connectivity index (χ1v) is 8.96. The Balaban J connectivity index is 1.59. The van der Waals surface area contributed by atoms with Gasteiger partial charge in [-0.15, -0.1) is 22.7 Å². The maximum absolute atomic E-state index is 12.3. The largest absolute Gasteiger partial charge is 0.335 e. The molecule has 0 saturated carbocycles. The summed E-state index contributed by atoms with van der Waals surface area (Å²) < 4.78 is 2.08. The second-order valence-electron chi connectivity index (χ2n) is 5.29. The number of hydrazine groups is 1. The maximum atomic E-state index is 12.3. The summed E-state index contributed by atoms with van der Waals surface area (Å²) in [7, 11) is 1.99. The van der Waals surface area contributed by atoms with Gasteiger partial charge in [0.1, 0.15) is 4.83 Å². The first-order valence-electron chi connectivity index (χ1n) is 7.26. The molecule has 24 heavy (non-hydrogen) atoms. The lowest BCUT2D eigenvalue weighted by Crippen LogP contribution is -2.41. The van der Waals surface area contributed by atoms with Crippen LogP contribution in [0.15, 0.2) is 47.8 Å². The van der Waals surface area contributed by atoms with Crippen molar-refractivity contribution in [1.29, 1.82) is 0 Å². The van der Waals surface area contributed by atoms with Crippen LogP contribution in [0.2, 0.25) is 0 Å². The Morgan fingerprint density at radius 1 is 0.958 bits per heavy atom. The number of benzene rings is 1. The van der Waals surface area contributed by atoms with Gasteiger partial charge in [-0.1, -0.05) is 24.3 Å². The minimum Gasteiger partial charge on any atom is -0.335 e. The minimum absolute atomic E-state index is 0.315. The number of nitrogens with zero attached hydrogens (tertiary/aromatic N) is 1. The molecule has 0 aliphatic carbocycles. The van der Waals surface area contributed by atoms with Crippen molar-refractivity contribution < 1.29 is 9.59 Å². The Labute approximate surface area is 145 Å². The third-order valence-electron chi connectivity index (χ3n) is 3.83. The predicted octanol–water partition coefficient (Wildman–Crippen LogP) is 3.53. The first kappa shape index (κ1) is 14.9. The SMILES string of the molecule is Cn1c2ccccc2c2cc(C(=O)NNC(=O)c3cccs3)sc21. The third kappa shape index (κ3) is 2.38. The molecule has 0 fully saturated rings. The van der Waals surface area contributed by atoms with Crippen molar-refractivity contribution in [2.75, 3.05) is 0 Å². The highest BCUT2D eigenvalue weighted by Gasteiger charge is 2.16. The van der Waals surface area contributed by atoms with E-state index in [-0.39, 0.29) is 11.8 Å². The van der Waals surface area contributed by atoms with Crippen LogP contribution in [0, 0.1) is 0 Å². The monoisotopic (exact) mass is 355 g/mol. The molecule has 0 atom stereocenters. The van der Waals surface area contributed by atoms with Crippen molar-refractivity contribution in [3.05, 3.63) is 57.6 Å². The molecule has 3 heterocycles. The predicted molar refractivity (Wildman–Crippen MR) is 97.6 cm³/mol. The van der Waals surface area contributed by atoms with E-state index < -0.39 is 0 Å². The van der Waals surface area contributed by atoms with Gasteiger partial charge in [0.25, 0.3) is 11.8 Å². The van der Waals surface area contributed by atoms with Gasteiger partial charge in [-0.2, -0.15) is 0 Å². The Kier molecular flexibility index (Phi) is 3.59. The van der Waals surface area contributed by atoms with Crippen LogP contribution in [0.25, 0.3) is 21.1 Å². The number of aromatic nitrogens is 1. The van der Waals surface area contributed by atoms with Gasteiger partial charge in [-0.3, -0.25) is 20.4 Å². The minimum atomic E-state index is -0.315. The fourth-order valence-electron chi connectivity index (χ4n) is 2.68. The highest BCUT2D eigenvalue weighted by molar-refractivity contribution is 7.20. The summed E-state index contributed by atoms with van der Waals surface area (Å²) in [6.45, 7) is 0. The molecule has 2 amide bonds. The summed E-state index contributed by atoms with van der Waals surface area (Å²) in [5.74, 6) is -0.630. The van der Waals surface area contributed by atoms with Crippen LogP contribution in [0.3, 0.4) is 0 Å². The van der Waals surface area contributed by atoms with E-state index in [1.807, 2.05) is 36.7 Å². The lowest BCUT2D eigenvalue weighted by molar-refractivity contribution is 0.0851. The summed E-state index contributed by atoms with van der Waals surface area (Å²) >= 11 is 2.73. The molecule has 0 aliphatic rings. The van der Waals surface area contributed by atoms with Gasteiger partial charge in [0.15, 0.2) is 0 Å². The smallest absolute Gasteiger partial charge is 0.279 e. The zero-order valence-electron chi connectivity index (χ0n) is 12.7. The number of hydrogen-bond donors (Lipinski definition) is 2. The standard InChI is InChI=1S/C17H13N3O2S2/c1-20-12-6-3-2-5-10(12)11-9-14(24-17(11)20)16(22)19-18-15(21)13-7-4-8-23-13/h2-9H,1H3,(H,18,21)(H,19,22). The normalized spacial score (nSPS) is 11.0. The average molecular weight is 355 g/mol. The lowest BCUT2D eigenvalue weighted by atomic mass is 10.2. The van der Waals surface area contributed by atoms with Gasteiger partial charge < -0.3 is 4.57 Å². The molecular weight excluding hydrogens is 342 g/mol. The topological polar surface area (TPSA) is 63.1 Å². The number of hydrogen-bond acceptors (Lipinski definition) is 4. The average Bonchev–Trinajstić information content (AvgIpc) is 3.31. The molecule has 5 nitrogen and oxygen atoms in total. The number of nitrogens with one attached hydrogen (secondary N) is 2. The fourth-order valence-corrected chi connectivity index (χ4v) is 4.35. The number of amides is 2. The lowest BCUT2D eigenvalue weighted by Gasteiger charge is -2.04. The van der Waals surface area contributed by atoms with Gasteiger partial charge in [-0.05, 0) is 23.6 Å². The Hall–Kier alpha value is -2.64. The second-order valence-corrected chi connectivity index (χ2v) is 7.27. The molecule has 1 aromatic carbocycles. The fraction of sp³-hybridized carbons (Fsp3) is 0.0588. The molecule has 2 N–H and O–H groups in total. The number of para-hydroxylation sites is 1. The van der Waals surface area contributed by atoms with Gasteiger partial charge in [0.05, 0.1) is 9.75 Å². The van der Waals surface area contributed by atoms with Crippen LogP contribution >= 0.6 is 22.7 Å². The molecule has 0 spiro atoms. The van der Waals surface area contributed by atoms with E-state index in [2.05, 4.69) is 21.5 Å².